The van der Waals surface area contributed by atoms with Crippen LogP contribution < -0.4 is 0 Å². The highest BCUT2D eigenvalue weighted by Crippen LogP contribution is 2.40. The molecule has 0 amide bonds. The van der Waals surface area contributed by atoms with Crippen molar-refractivity contribution in [2.75, 3.05) is 0 Å². The highest BCUT2D eigenvalue weighted by atomic mass is 19.4. The zero-order valence-corrected chi connectivity index (χ0v) is 12.4. The van der Waals surface area contributed by atoms with Gasteiger partial charge >= 0.3 is 13.1 Å². The van der Waals surface area contributed by atoms with Crippen LogP contribution in [0, 0.1) is 5.82 Å². The van der Waals surface area contributed by atoms with E-state index in [9.17, 15) is 26.2 Å². The van der Waals surface area contributed by atoms with Crippen molar-refractivity contribution in [1.29, 1.82) is 0 Å². The molecule has 0 unspecified atom stereocenters. The van der Waals surface area contributed by atoms with E-state index in [4.69, 9.17) is 0 Å². The molecular weight excluding hydrogens is 345 g/mol. The Morgan fingerprint density at radius 2 is 1.84 bits per heavy atom. The van der Waals surface area contributed by atoms with E-state index in [0.29, 0.717) is 15.0 Å². The van der Waals surface area contributed by atoms with Crippen molar-refractivity contribution in [3.05, 3.63) is 77.0 Å². The van der Waals surface area contributed by atoms with Gasteiger partial charge in [-0.15, -0.1) is 0 Å². The molecular formula is C16H9BF6N2. The van der Waals surface area contributed by atoms with E-state index in [0.717, 1.165) is 24.5 Å². The largest absolute Gasteiger partial charge is 0.737 e. The molecule has 0 fully saturated rings. The number of aromatic nitrogens is 1. The van der Waals surface area contributed by atoms with Gasteiger partial charge in [0.15, 0.2) is 5.70 Å². The van der Waals surface area contributed by atoms with Gasteiger partial charge in [-0.1, -0.05) is 0 Å². The number of nitrogens with zero attached hydrogens (tertiary/aromatic N) is 2. The fourth-order valence-corrected chi connectivity index (χ4v) is 3.21. The maximum absolute atomic E-state index is 14.6. The number of hydrogen-bond donors (Lipinski definition) is 0. The van der Waals surface area contributed by atoms with Crippen molar-refractivity contribution in [3.63, 3.8) is 0 Å². The third-order valence-electron chi connectivity index (χ3n) is 4.25. The highest BCUT2D eigenvalue weighted by molar-refractivity contribution is 6.57. The summed E-state index contributed by atoms with van der Waals surface area (Å²) in [4.78, 5) is 0. The first-order valence-electron chi connectivity index (χ1n) is 7.32. The summed E-state index contributed by atoms with van der Waals surface area (Å²) in [5, 5.41) is 0. The van der Waals surface area contributed by atoms with Gasteiger partial charge in [-0.05, 0) is 42.1 Å². The molecule has 0 N–H and O–H groups in total. The van der Waals surface area contributed by atoms with Crippen LogP contribution in [-0.2, 0) is 6.18 Å². The summed E-state index contributed by atoms with van der Waals surface area (Å²) in [6.07, 6.45) is 0.315. The first-order chi connectivity index (χ1) is 11.7. The van der Waals surface area contributed by atoms with Gasteiger partial charge in [0, 0.05) is 17.8 Å². The van der Waals surface area contributed by atoms with E-state index in [1.165, 1.54) is 24.3 Å². The standard InChI is InChI=1S/C16H9BF6N2/c18-12-8-10(7-11(9-12)16(19,20)21)15-13-3-1-5-24(13)17(22,23)25-6-2-4-14(15)25/h1-9H. The SMILES string of the molecule is Fc1cc(C2=C3C=CC=[N+]3[B-](F)(F)n3cccc32)cc(C(F)(F)F)c1. The molecule has 3 heterocycles. The molecule has 2 aliphatic rings. The summed E-state index contributed by atoms with van der Waals surface area (Å²) < 4.78 is 83.5. The molecule has 0 saturated heterocycles. The lowest BCUT2D eigenvalue weighted by Gasteiger charge is -2.31. The molecule has 2 nitrogen and oxygen atoms in total. The number of rotatable bonds is 1. The molecule has 0 radical (unpaired) electrons. The van der Waals surface area contributed by atoms with Crippen molar-refractivity contribution in [1.82, 2.24) is 4.48 Å². The maximum Gasteiger partial charge on any atom is 0.737 e. The number of benzene rings is 1. The second-order valence-electron chi connectivity index (χ2n) is 5.79. The Morgan fingerprint density at radius 1 is 1.08 bits per heavy atom. The molecule has 0 atom stereocenters. The second-order valence-corrected chi connectivity index (χ2v) is 5.79. The van der Waals surface area contributed by atoms with E-state index < -0.39 is 24.5 Å². The molecule has 2 aliphatic heterocycles. The normalized spacial score (nSPS) is 18.2. The van der Waals surface area contributed by atoms with Crippen molar-refractivity contribution >= 4 is 18.8 Å². The summed E-state index contributed by atoms with van der Waals surface area (Å²) in [5.74, 6) is -1.09. The summed E-state index contributed by atoms with van der Waals surface area (Å²) in [7, 11) is 0. The Bertz CT molecular complexity index is 981. The van der Waals surface area contributed by atoms with Crippen molar-refractivity contribution in [2.45, 2.75) is 6.18 Å². The highest BCUT2D eigenvalue weighted by Gasteiger charge is 2.51. The van der Waals surface area contributed by atoms with Crippen LogP contribution >= 0.6 is 0 Å². The predicted octanol–water partition coefficient (Wildman–Crippen LogP) is 4.29. The van der Waals surface area contributed by atoms with Crippen LogP contribution in [0.5, 0.6) is 0 Å². The average Bonchev–Trinajstić information content (AvgIpc) is 3.15. The summed E-state index contributed by atoms with van der Waals surface area (Å²) in [6.45, 7) is -4.16. The smallest absolute Gasteiger partial charge is 0.396 e. The molecule has 1 aromatic carbocycles. The molecule has 1 aromatic heterocycles. The van der Waals surface area contributed by atoms with Gasteiger partial charge < -0.3 is 17.6 Å². The van der Waals surface area contributed by atoms with E-state index in [2.05, 4.69) is 0 Å². The first kappa shape index (κ1) is 15.8. The predicted molar refractivity (Wildman–Crippen MR) is 80.7 cm³/mol. The third kappa shape index (κ3) is 2.25. The Labute approximate surface area is 138 Å². The number of allylic oxidation sites excluding steroid dienone is 2. The van der Waals surface area contributed by atoms with Gasteiger partial charge in [0.1, 0.15) is 12.0 Å². The monoisotopic (exact) mass is 354 g/mol. The molecule has 4 rings (SSSR count). The Morgan fingerprint density at radius 3 is 2.56 bits per heavy atom. The van der Waals surface area contributed by atoms with E-state index in [1.807, 2.05) is 0 Å². The number of alkyl halides is 3. The molecule has 2 aromatic rings. The molecule has 0 spiro atoms. The van der Waals surface area contributed by atoms with Crippen LogP contribution in [0.3, 0.4) is 0 Å². The lowest BCUT2D eigenvalue weighted by atomic mass is 9.86. The number of fused-ring (bicyclic) bond motifs is 2. The van der Waals surface area contributed by atoms with Crippen molar-refractivity contribution in [2.24, 2.45) is 0 Å². The van der Waals surface area contributed by atoms with Crippen LogP contribution in [0.15, 0.2) is 54.4 Å². The third-order valence-corrected chi connectivity index (χ3v) is 4.25. The van der Waals surface area contributed by atoms with E-state index >= 15 is 0 Å². The van der Waals surface area contributed by atoms with E-state index in [-0.39, 0.29) is 22.5 Å². The molecule has 25 heavy (non-hydrogen) atoms. The first-order valence-corrected chi connectivity index (χ1v) is 7.32. The molecule has 0 aliphatic carbocycles. The summed E-state index contributed by atoms with van der Waals surface area (Å²) in [5.41, 5.74) is -1.09. The summed E-state index contributed by atoms with van der Waals surface area (Å²) >= 11 is 0. The Balaban J connectivity index is 2.02. The van der Waals surface area contributed by atoms with Gasteiger partial charge in [0.05, 0.1) is 11.1 Å². The minimum atomic E-state index is -4.75. The Hall–Kier alpha value is -2.71. The molecule has 0 saturated carbocycles. The number of hydrogen-bond acceptors (Lipinski definition) is 0. The molecule has 0 bridgehead atoms. The summed E-state index contributed by atoms with van der Waals surface area (Å²) in [6, 6.07) is 4.81. The molecule has 9 heteroatoms. The second kappa shape index (κ2) is 4.90. The van der Waals surface area contributed by atoms with Gasteiger partial charge in [-0.25, -0.2) is 4.39 Å². The average molecular weight is 354 g/mol. The number of halogens is 6. The quantitative estimate of drug-likeness (QED) is 0.533. The Kier molecular flexibility index (Phi) is 3.10. The van der Waals surface area contributed by atoms with Crippen LogP contribution in [0.25, 0.3) is 5.57 Å². The van der Waals surface area contributed by atoms with Crippen LogP contribution in [0.2, 0.25) is 0 Å². The maximum atomic E-state index is 14.6. The zero-order valence-electron chi connectivity index (χ0n) is 12.4. The van der Waals surface area contributed by atoms with Gasteiger partial charge in [-0.2, -0.15) is 13.2 Å². The van der Waals surface area contributed by atoms with Gasteiger partial charge in [-0.3, -0.25) is 0 Å². The van der Waals surface area contributed by atoms with Crippen molar-refractivity contribution in [3.8, 4) is 0 Å². The molecule has 128 valence electrons. The lowest BCUT2D eigenvalue weighted by Crippen LogP contribution is -2.49. The van der Waals surface area contributed by atoms with E-state index in [1.54, 1.807) is 0 Å². The van der Waals surface area contributed by atoms with Crippen LogP contribution in [0.1, 0.15) is 16.8 Å². The minimum absolute atomic E-state index is 0.0370. The fourth-order valence-electron chi connectivity index (χ4n) is 3.21. The topological polar surface area (TPSA) is 7.94 Å². The lowest BCUT2D eigenvalue weighted by molar-refractivity contribution is -0.356. The van der Waals surface area contributed by atoms with Crippen LogP contribution in [-0.4, -0.2) is 22.1 Å². The minimum Gasteiger partial charge on any atom is -0.396 e. The fraction of sp³-hybridized carbons (Fsp3) is 0.0625. The van der Waals surface area contributed by atoms with Gasteiger partial charge in [0.2, 0.25) is 0 Å². The zero-order chi connectivity index (χ0) is 18.0. The van der Waals surface area contributed by atoms with Crippen LogP contribution in [0.4, 0.5) is 26.2 Å². The van der Waals surface area contributed by atoms with Gasteiger partial charge in [0.25, 0.3) is 0 Å². The van der Waals surface area contributed by atoms with Crippen molar-refractivity contribution < 1.29 is 30.7 Å².